The molecular formula is C19H21N3O. The molecule has 0 aliphatic carbocycles. The van der Waals surface area contributed by atoms with Crippen molar-refractivity contribution in [3.8, 4) is 0 Å². The van der Waals surface area contributed by atoms with Crippen LogP contribution in [0.3, 0.4) is 0 Å². The van der Waals surface area contributed by atoms with Gasteiger partial charge in [0, 0.05) is 25.7 Å². The molecule has 1 heterocycles. The lowest BCUT2D eigenvalue weighted by Crippen LogP contribution is -2.05. The third-order valence-corrected chi connectivity index (χ3v) is 3.75. The van der Waals surface area contributed by atoms with Crippen molar-refractivity contribution in [2.45, 2.75) is 13.3 Å². The predicted octanol–water partition coefficient (Wildman–Crippen LogP) is 4.04. The van der Waals surface area contributed by atoms with Gasteiger partial charge in [0.15, 0.2) is 0 Å². The molecule has 0 spiro atoms. The molecule has 0 atom stereocenters. The van der Waals surface area contributed by atoms with Gasteiger partial charge in [-0.3, -0.25) is 4.79 Å². The van der Waals surface area contributed by atoms with Crippen LogP contribution in [-0.4, -0.2) is 19.0 Å². The summed E-state index contributed by atoms with van der Waals surface area (Å²) in [5.41, 5.74) is 5.40. The van der Waals surface area contributed by atoms with Gasteiger partial charge in [-0.15, -0.1) is 0 Å². The summed E-state index contributed by atoms with van der Waals surface area (Å²) >= 11 is 0. The number of para-hydroxylation sites is 1. The standard InChI is InChI=1S/C19H21N3O/c1-14(23)22-17-10-7-15(8-11-17)6-9-16-4-2-5-18-19(16)21-13-3-12-20-18/h2,4-11,20-21H,3,12-13H2,1H3,(H,22,23)/b9-6+. The maximum absolute atomic E-state index is 11.0. The van der Waals surface area contributed by atoms with Crippen molar-refractivity contribution in [2.75, 3.05) is 29.0 Å². The topological polar surface area (TPSA) is 53.2 Å². The predicted molar refractivity (Wildman–Crippen MR) is 97.7 cm³/mol. The van der Waals surface area contributed by atoms with Crippen LogP contribution in [0.4, 0.5) is 17.1 Å². The van der Waals surface area contributed by atoms with Crippen molar-refractivity contribution in [1.82, 2.24) is 0 Å². The zero-order valence-electron chi connectivity index (χ0n) is 13.2. The molecule has 0 aromatic heterocycles. The van der Waals surface area contributed by atoms with E-state index in [-0.39, 0.29) is 5.91 Å². The van der Waals surface area contributed by atoms with Gasteiger partial charge < -0.3 is 16.0 Å². The molecule has 3 rings (SSSR count). The monoisotopic (exact) mass is 307 g/mol. The minimum atomic E-state index is -0.0566. The van der Waals surface area contributed by atoms with Crippen LogP contribution < -0.4 is 16.0 Å². The van der Waals surface area contributed by atoms with Gasteiger partial charge >= 0.3 is 0 Å². The van der Waals surface area contributed by atoms with Gasteiger partial charge in [0.1, 0.15) is 0 Å². The number of anilines is 3. The Morgan fingerprint density at radius 1 is 1.04 bits per heavy atom. The Kier molecular flexibility index (Phi) is 4.62. The van der Waals surface area contributed by atoms with Crippen LogP contribution in [0.5, 0.6) is 0 Å². The molecule has 118 valence electrons. The van der Waals surface area contributed by atoms with Crippen LogP contribution in [-0.2, 0) is 4.79 Å². The van der Waals surface area contributed by atoms with Gasteiger partial charge in [-0.25, -0.2) is 0 Å². The van der Waals surface area contributed by atoms with E-state index in [2.05, 4.69) is 46.3 Å². The SMILES string of the molecule is CC(=O)Nc1ccc(/C=C/c2cccc3c2NCCCN3)cc1. The van der Waals surface area contributed by atoms with E-state index in [9.17, 15) is 4.79 Å². The summed E-state index contributed by atoms with van der Waals surface area (Å²) < 4.78 is 0. The minimum absolute atomic E-state index is 0.0566. The van der Waals surface area contributed by atoms with Crippen LogP contribution in [0.1, 0.15) is 24.5 Å². The van der Waals surface area contributed by atoms with Crippen LogP contribution in [0.25, 0.3) is 12.2 Å². The summed E-state index contributed by atoms with van der Waals surface area (Å²) in [6, 6.07) is 14.1. The van der Waals surface area contributed by atoms with E-state index in [1.807, 2.05) is 24.3 Å². The number of rotatable bonds is 3. The Balaban J connectivity index is 1.79. The molecule has 0 bridgehead atoms. The molecule has 4 heteroatoms. The smallest absolute Gasteiger partial charge is 0.221 e. The maximum atomic E-state index is 11.0. The molecule has 23 heavy (non-hydrogen) atoms. The summed E-state index contributed by atoms with van der Waals surface area (Å²) in [5, 5.41) is 9.72. The van der Waals surface area contributed by atoms with Crippen molar-refractivity contribution in [3.63, 3.8) is 0 Å². The molecule has 3 N–H and O–H groups in total. The Morgan fingerprint density at radius 3 is 2.61 bits per heavy atom. The molecule has 1 aliphatic rings. The fourth-order valence-corrected chi connectivity index (χ4v) is 2.65. The highest BCUT2D eigenvalue weighted by molar-refractivity contribution is 5.89. The van der Waals surface area contributed by atoms with Crippen molar-refractivity contribution in [3.05, 3.63) is 53.6 Å². The van der Waals surface area contributed by atoms with Crippen molar-refractivity contribution >= 4 is 35.1 Å². The molecule has 0 radical (unpaired) electrons. The molecule has 1 aliphatic heterocycles. The van der Waals surface area contributed by atoms with Gasteiger partial charge in [-0.05, 0) is 35.7 Å². The third-order valence-electron chi connectivity index (χ3n) is 3.75. The van der Waals surface area contributed by atoms with E-state index in [0.717, 1.165) is 42.1 Å². The highest BCUT2D eigenvalue weighted by Crippen LogP contribution is 2.29. The Hall–Kier alpha value is -2.75. The average molecular weight is 307 g/mol. The first-order chi connectivity index (χ1) is 11.2. The second-order valence-electron chi connectivity index (χ2n) is 5.61. The summed E-state index contributed by atoms with van der Waals surface area (Å²) in [6.07, 6.45) is 5.31. The van der Waals surface area contributed by atoms with E-state index in [1.165, 1.54) is 12.5 Å². The Labute approximate surface area is 136 Å². The quantitative estimate of drug-likeness (QED) is 0.750. The number of nitrogens with one attached hydrogen (secondary N) is 3. The van der Waals surface area contributed by atoms with Crippen LogP contribution in [0.2, 0.25) is 0 Å². The van der Waals surface area contributed by atoms with Crippen LogP contribution in [0, 0.1) is 0 Å². The van der Waals surface area contributed by atoms with E-state index in [0.29, 0.717) is 0 Å². The number of carbonyl (C=O) groups excluding carboxylic acids is 1. The van der Waals surface area contributed by atoms with E-state index in [4.69, 9.17) is 0 Å². The van der Waals surface area contributed by atoms with Crippen LogP contribution >= 0.6 is 0 Å². The largest absolute Gasteiger partial charge is 0.383 e. The number of fused-ring (bicyclic) bond motifs is 1. The summed E-state index contributed by atoms with van der Waals surface area (Å²) in [7, 11) is 0. The Morgan fingerprint density at radius 2 is 1.83 bits per heavy atom. The third kappa shape index (κ3) is 3.92. The average Bonchev–Trinajstić information content (AvgIpc) is 2.79. The van der Waals surface area contributed by atoms with E-state index < -0.39 is 0 Å². The zero-order chi connectivity index (χ0) is 16.1. The van der Waals surface area contributed by atoms with Gasteiger partial charge in [0.05, 0.1) is 11.4 Å². The zero-order valence-corrected chi connectivity index (χ0v) is 13.2. The fourth-order valence-electron chi connectivity index (χ4n) is 2.65. The highest BCUT2D eigenvalue weighted by atomic mass is 16.1. The number of benzene rings is 2. The van der Waals surface area contributed by atoms with Gasteiger partial charge in [-0.2, -0.15) is 0 Å². The van der Waals surface area contributed by atoms with Gasteiger partial charge in [0.25, 0.3) is 0 Å². The van der Waals surface area contributed by atoms with Crippen molar-refractivity contribution in [2.24, 2.45) is 0 Å². The molecule has 0 saturated carbocycles. The molecule has 2 aromatic rings. The molecule has 0 saturated heterocycles. The molecule has 2 aromatic carbocycles. The number of hydrogen-bond acceptors (Lipinski definition) is 3. The normalized spacial score (nSPS) is 13.6. The van der Waals surface area contributed by atoms with E-state index in [1.54, 1.807) is 0 Å². The summed E-state index contributed by atoms with van der Waals surface area (Å²) in [5.74, 6) is -0.0566. The number of carbonyl (C=O) groups is 1. The van der Waals surface area contributed by atoms with Crippen LogP contribution in [0.15, 0.2) is 42.5 Å². The lowest BCUT2D eigenvalue weighted by molar-refractivity contribution is -0.114. The van der Waals surface area contributed by atoms with Crippen molar-refractivity contribution in [1.29, 1.82) is 0 Å². The Bertz CT molecular complexity index is 720. The molecular weight excluding hydrogens is 286 g/mol. The summed E-state index contributed by atoms with van der Waals surface area (Å²) in [6.45, 7) is 3.49. The lowest BCUT2D eigenvalue weighted by atomic mass is 10.1. The lowest BCUT2D eigenvalue weighted by Gasteiger charge is -2.11. The first-order valence-electron chi connectivity index (χ1n) is 7.89. The minimum Gasteiger partial charge on any atom is -0.383 e. The maximum Gasteiger partial charge on any atom is 0.221 e. The van der Waals surface area contributed by atoms with Gasteiger partial charge in [0.2, 0.25) is 5.91 Å². The second-order valence-corrected chi connectivity index (χ2v) is 5.61. The van der Waals surface area contributed by atoms with Gasteiger partial charge in [-0.1, -0.05) is 36.4 Å². The molecule has 4 nitrogen and oxygen atoms in total. The molecule has 1 amide bonds. The second kappa shape index (κ2) is 7.01. The molecule has 0 fully saturated rings. The highest BCUT2D eigenvalue weighted by Gasteiger charge is 2.08. The summed E-state index contributed by atoms with van der Waals surface area (Å²) in [4.78, 5) is 11.0. The first kappa shape index (κ1) is 15.2. The number of hydrogen-bond donors (Lipinski definition) is 3. The fraction of sp³-hybridized carbons (Fsp3) is 0.211. The first-order valence-corrected chi connectivity index (χ1v) is 7.89. The number of amides is 1. The van der Waals surface area contributed by atoms with E-state index >= 15 is 0 Å². The molecule has 0 unspecified atom stereocenters. The van der Waals surface area contributed by atoms with Crippen molar-refractivity contribution < 1.29 is 4.79 Å².